The van der Waals surface area contributed by atoms with Crippen LogP contribution in [0.25, 0.3) is 22.5 Å². The minimum absolute atomic E-state index is 0.0347. The summed E-state index contributed by atoms with van der Waals surface area (Å²) in [6.07, 6.45) is 1.51. The first-order valence-corrected chi connectivity index (χ1v) is 11.6. The maximum atomic E-state index is 12.2. The highest BCUT2D eigenvalue weighted by Gasteiger charge is 2.16. The topological polar surface area (TPSA) is 110 Å². The monoisotopic (exact) mass is 473 g/mol. The molecule has 172 valence electrons. The first-order chi connectivity index (χ1) is 16.5. The smallest absolute Gasteiger partial charge is 0.321 e. The van der Waals surface area contributed by atoms with Crippen LogP contribution in [0.2, 0.25) is 0 Å². The SMILES string of the molecule is Cc1ccc(-c2nnc(SCC(=O)NC(=O)NCc3ccco3)nc2-c2ccc(C)cc2)cc1. The number of carbonyl (C=O) groups is 2. The highest BCUT2D eigenvalue weighted by atomic mass is 32.2. The molecule has 0 spiro atoms. The van der Waals surface area contributed by atoms with Crippen molar-refractivity contribution in [1.29, 1.82) is 0 Å². The Morgan fingerprint density at radius 1 is 0.882 bits per heavy atom. The van der Waals surface area contributed by atoms with Gasteiger partial charge in [-0.3, -0.25) is 10.1 Å². The number of hydrogen-bond acceptors (Lipinski definition) is 7. The van der Waals surface area contributed by atoms with Crippen LogP contribution >= 0.6 is 11.8 Å². The highest BCUT2D eigenvalue weighted by Crippen LogP contribution is 2.30. The lowest BCUT2D eigenvalue weighted by atomic mass is 10.0. The molecule has 0 bridgehead atoms. The number of thioether (sulfide) groups is 1. The molecule has 9 heteroatoms. The van der Waals surface area contributed by atoms with Crippen molar-refractivity contribution >= 4 is 23.7 Å². The predicted molar refractivity (Wildman–Crippen MR) is 130 cm³/mol. The summed E-state index contributed by atoms with van der Waals surface area (Å²) < 4.78 is 5.14. The van der Waals surface area contributed by atoms with Crippen molar-refractivity contribution in [2.24, 2.45) is 0 Å². The molecule has 2 heterocycles. The molecule has 34 heavy (non-hydrogen) atoms. The van der Waals surface area contributed by atoms with Gasteiger partial charge in [-0.15, -0.1) is 10.2 Å². The quantitative estimate of drug-likeness (QED) is 0.379. The Morgan fingerprint density at radius 2 is 1.53 bits per heavy atom. The van der Waals surface area contributed by atoms with Crippen molar-refractivity contribution in [2.75, 3.05) is 5.75 Å². The molecule has 0 aliphatic heterocycles. The number of carbonyl (C=O) groups excluding carboxylic acids is 2. The lowest BCUT2D eigenvalue weighted by molar-refractivity contribution is -0.117. The van der Waals surface area contributed by atoms with E-state index in [0.717, 1.165) is 34.0 Å². The van der Waals surface area contributed by atoms with Crippen molar-refractivity contribution in [2.45, 2.75) is 25.5 Å². The molecule has 3 amide bonds. The molecule has 2 N–H and O–H groups in total. The Hall–Kier alpha value is -3.98. The molecule has 0 radical (unpaired) electrons. The standard InChI is InChI=1S/C25H23N5O3S/c1-16-5-9-18(10-6-16)22-23(19-11-7-17(2)8-12-19)29-30-25(28-22)34-15-21(31)27-24(32)26-14-20-4-3-13-33-20/h3-13H,14-15H2,1-2H3,(H2,26,27,31,32). The van der Waals surface area contributed by atoms with Gasteiger partial charge in [0.2, 0.25) is 11.1 Å². The van der Waals surface area contributed by atoms with Gasteiger partial charge in [-0.1, -0.05) is 71.4 Å². The van der Waals surface area contributed by atoms with Crippen LogP contribution in [0.4, 0.5) is 4.79 Å². The Labute approximate surface area is 201 Å². The molecule has 2 aromatic carbocycles. The fraction of sp³-hybridized carbons (Fsp3) is 0.160. The average molecular weight is 474 g/mol. The first-order valence-electron chi connectivity index (χ1n) is 10.6. The van der Waals surface area contributed by atoms with E-state index in [2.05, 4.69) is 25.8 Å². The molecule has 8 nitrogen and oxygen atoms in total. The Morgan fingerprint density at radius 3 is 2.15 bits per heavy atom. The van der Waals surface area contributed by atoms with Gasteiger partial charge in [-0.05, 0) is 26.0 Å². The molecular formula is C25H23N5O3S. The molecule has 0 saturated heterocycles. The van der Waals surface area contributed by atoms with E-state index in [9.17, 15) is 9.59 Å². The van der Waals surface area contributed by atoms with Crippen LogP contribution in [0.3, 0.4) is 0 Å². The number of benzene rings is 2. The molecule has 0 fully saturated rings. The number of aromatic nitrogens is 3. The fourth-order valence-corrected chi connectivity index (χ4v) is 3.70. The third kappa shape index (κ3) is 6.08. The van der Waals surface area contributed by atoms with Crippen LogP contribution in [-0.2, 0) is 11.3 Å². The molecule has 4 aromatic rings. The van der Waals surface area contributed by atoms with Gasteiger partial charge in [0.25, 0.3) is 0 Å². The van der Waals surface area contributed by atoms with Gasteiger partial charge in [0.1, 0.15) is 17.1 Å². The molecule has 2 aromatic heterocycles. The number of urea groups is 1. The van der Waals surface area contributed by atoms with Gasteiger partial charge in [0.05, 0.1) is 18.6 Å². The number of nitrogens with zero attached hydrogens (tertiary/aromatic N) is 3. The van der Waals surface area contributed by atoms with E-state index < -0.39 is 11.9 Å². The molecule has 4 rings (SSSR count). The van der Waals surface area contributed by atoms with Crippen LogP contribution in [-0.4, -0.2) is 32.9 Å². The number of amides is 3. The van der Waals surface area contributed by atoms with Crippen molar-refractivity contribution in [3.8, 4) is 22.5 Å². The van der Waals surface area contributed by atoms with Crippen LogP contribution < -0.4 is 10.6 Å². The summed E-state index contributed by atoms with van der Waals surface area (Å²) in [6, 6.07) is 18.9. The normalized spacial score (nSPS) is 10.6. The lowest BCUT2D eigenvalue weighted by Crippen LogP contribution is -2.39. The molecular weight excluding hydrogens is 450 g/mol. The van der Waals surface area contributed by atoms with Crippen molar-refractivity contribution in [3.63, 3.8) is 0 Å². The number of hydrogen-bond donors (Lipinski definition) is 2. The number of aryl methyl sites for hydroxylation is 2. The van der Waals surface area contributed by atoms with Gasteiger partial charge >= 0.3 is 6.03 Å². The summed E-state index contributed by atoms with van der Waals surface area (Å²) in [5.74, 6) is 0.0892. The third-order valence-corrected chi connectivity index (χ3v) is 5.74. The van der Waals surface area contributed by atoms with Gasteiger partial charge in [-0.25, -0.2) is 9.78 Å². The maximum absolute atomic E-state index is 12.2. The van der Waals surface area contributed by atoms with Crippen LogP contribution in [0.5, 0.6) is 0 Å². The molecule has 0 aliphatic rings. The zero-order valence-electron chi connectivity index (χ0n) is 18.7. The van der Waals surface area contributed by atoms with Crippen LogP contribution in [0.1, 0.15) is 16.9 Å². The molecule has 0 unspecified atom stereocenters. The summed E-state index contributed by atoms with van der Waals surface area (Å²) in [7, 11) is 0. The number of nitrogens with one attached hydrogen (secondary N) is 2. The predicted octanol–water partition coefficient (Wildman–Crippen LogP) is 4.53. The summed E-state index contributed by atoms with van der Waals surface area (Å²) in [6.45, 7) is 4.23. The Kier molecular flexibility index (Phi) is 7.34. The second-order valence-corrected chi connectivity index (χ2v) is 8.57. The van der Waals surface area contributed by atoms with E-state index >= 15 is 0 Å². The average Bonchev–Trinajstić information content (AvgIpc) is 3.36. The van der Waals surface area contributed by atoms with E-state index in [-0.39, 0.29) is 12.3 Å². The fourth-order valence-electron chi connectivity index (χ4n) is 3.11. The van der Waals surface area contributed by atoms with E-state index in [0.29, 0.717) is 22.3 Å². The van der Waals surface area contributed by atoms with Gasteiger partial charge < -0.3 is 9.73 Å². The minimum atomic E-state index is -0.601. The van der Waals surface area contributed by atoms with Gasteiger partial charge in [-0.2, -0.15) is 0 Å². The number of imide groups is 1. The summed E-state index contributed by atoms with van der Waals surface area (Å²) in [5.41, 5.74) is 5.43. The molecule has 0 atom stereocenters. The highest BCUT2D eigenvalue weighted by molar-refractivity contribution is 7.99. The largest absolute Gasteiger partial charge is 0.467 e. The Bertz CT molecular complexity index is 1270. The number of rotatable bonds is 7. The van der Waals surface area contributed by atoms with E-state index in [4.69, 9.17) is 4.42 Å². The maximum Gasteiger partial charge on any atom is 0.321 e. The number of furan rings is 1. The third-order valence-electron chi connectivity index (χ3n) is 4.91. The summed E-state index contributed by atoms with van der Waals surface area (Å²) >= 11 is 1.11. The van der Waals surface area contributed by atoms with Crippen molar-refractivity contribution in [3.05, 3.63) is 83.8 Å². The minimum Gasteiger partial charge on any atom is -0.467 e. The second kappa shape index (κ2) is 10.8. The Balaban J connectivity index is 1.46. The van der Waals surface area contributed by atoms with Crippen molar-refractivity contribution in [1.82, 2.24) is 25.8 Å². The summed E-state index contributed by atoms with van der Waals surface area (Å²) in [5, 5.41) is 13.8. The van der Waals surface area contributed by atoms with Gasteiger partial charge in [0.15, 0.2) is 0 Å². The zero-order chi connectivity index (χ0) is 23.9. The summed E-state index contributed by atoms with van der Waals surface area (Å²) in [4.78, 5) is 28.8. The lowest BCUT2D eigenvalue weighted by Gasteiger charge is -2.10. The van der Waals surface area contributed by atoms with E-state index in [1.165, 1.54) is 6.26 Å². The second-order valence-electron chi connectivity index (χ2n) is 7.62. The van der Waals surface area contributed by atoms with Crippen molar-refractivity contribution < 1.29 is 14.0 Å². The molecule has 0 aliphatic carbocycles. The van der Waals surface area contributed by atoms with Crippen LogP contribution in [0.15, 0.2) is 76.5 Å². The van der Waals surface area contributed by atoms with Crippen LogP contribution in [0, 0.1) is 13.8 Å². The van der Waals surface area contributed by atoms with E-state index in [1.807, 2.05) is 62.4 Å². The first kappa shape index (κ1) is 23.2. The van der Waals surface area contributed by atoms with Gasteiger partial charge in [0, 0.05) is 11.1 Å². The molecule has 0 saturated carbocycles. The van der Waals surface area contributed by atoms with E-state index in [1.54, 1.807) is 12.1 Å². The zero-order valence-corrected chi connectivity index (χ0v) is 19.6.